The first-order valence-corrected chi connectivity index (χ1v) is 14.4. The first-order chi connectivity index (χ1) is 21.5. The molecule has 0 radical (unpaired) electrons. The number of hydrogen-bond acceptors (Lipinski definition) is 4. The molecule has 1 aromatic heterocycles. The predicted molar refractivity (Wildman–Crippen MR) is 160 cm³/mol. The fourth-order valence-corrected chi connectivity index (χ4v) is 4.83. The van der Waals surface area contributed by atoms with Gasteiger partial charge >= 0.3 is 12.4 Å². The highest BCUT2D eigenvalue weighted by Gasteiger charge is 2.38. The van der Waals surface area contributed by atoms with Crippen molar-refractivity contribution < 1.29 is 40.3 Å². The zero-order valence-electron chi connectivity index (χ0n) is 25.3. The molecule has 4 rings (SSSR count). The van der Waals surface area contributed by atoms with E-state index >= 15 is 0 Å². The summed E-state index contributed by atoms with van der Waals surface area (Å²) in [6, 6.07) is 14.5. The van der Waals surface area contributed by atoms with Crippen molar-refractivity contribution in [1.82, 2.24) is 9.80 Å². The van der Waals surface area contributed by atoms with Crippen LogP contribution >= 0.6 is 0 Å². The highest BCUT2D eigenvalue weighted by molar-refractivity contribution is 5.97. The van der Waals surface area contributed by atoms with Crippen molar-refractivity contribution in [3.63, 3.8) is 0 Å². The number of carbonyl (C=O) groups excluding carboxylic acids is 2. The molecule has 0 saturated heterocycles. The van der Waals surface area contributed by atoms with E-state index in [2.05, 4.69) is 0 Å². The molecule has 0 unspecified atom stereocenters. The Bertz CT molecular complexity index is 1730. The van der Waals surface area contributed by atoms with Crippen molar-refractivity contribution in [2.45, 2.75) is 52.6 Å². The molecule has 0 aliphatic carbocycles. The van der Waals surface area contributed by atoms with Gasteiger partial charge in [0, 0.05) is 18.7 Å². The van der Waals surface area contributed by atoms with Gasteiger partial charge in [-0.1, -0.05) is 55.8 Å². The second-order valence-corrected chi connectivity index (χ2v) is 11.5. The summed E-state index contributed by atoms with van der Waals surface area (Å²) in [6.45, 7) is 4.44. The van der Waals surface area contributed by atoms with Crippen molar-refractivity contribution in [2.75, 3.05) is 13.1 Å². The minimum Gasteiger partial charge on any atom is -0.464 e. The topological polar surface area (TPSA) is 70.8 Å². The summed E-state index contributed by atoms with van der Waals surface area (Å²) < 4.78 is 86.9. The van der Waals surface area contributed by atoms with E-state index in [1.165, 1.54) is 11.2 Å². The molecule has 0 atom stereocenters. The first-order valence-electron chi connectivity index (χ1n) is 14.4. The fourth-order valence-electron chi connectivity index (χ4n) is 4.83. The van der Waals surface area contributed by atoms with Crippen LogP contribution in [0.15, 0.2) is 82.2 Å². The third kappa shape index (κ3) is 8.55. The maximum atomic E-state index is 13.9. The average Bonchev–Trinajstić information content (AvgIpc) is 2.99. The molecule has 1 heterocycles. The van der Waals surface area contributed by atoms with Gasteiger partial charge in [0.15, 0.2) is 5.43 Å². The van der Waals surface area contributed by atoms with Crippen LogP contribution in [0.3, 0.4) is 0 Å². The SMILES string of the molecule is Cc1ccc2occ(CN(Cc3ccccc3)C(=O)CN(CCC(C)C)C(=O)c3cc(C(F)(F)F)cc(C(F)(F)F)c3)c(=O)c2c1. The summed E-state index contributed by atoms with van der Waals surface area (Å²) >= 11 is 0. The second-order valence-electron chi connectivity index (χ2n) is 11.5. The van der Waals surface area contributed by atoms with E-state index in [1.54, 1.807) is 48.5 Å². The number of carbonyl (C=O) groups is 2. The summed E-state index contributed by atoms with van der Waals surface area (Å²) in [7, 11) is 0. The summed E-state index contributed by atoms with van der Waals surface area (Å²) in [4.78, 5) is 43.1. The van der Waals surface area contributed by atoms with E-state index in [9.17, 15) is 40.7 Å². The van der Waals surface area contributed by atoms with Gasteiger partial charge in [0.05, 0.1) is 34.9 Å². The lowest BCUT2D eigenvalue weighted by Gasteiger charge is -2.28. The van der Waals surface area contributed by atoms with Gasteiger partial charge in [0.25, 0.3) is 5.91 Å². The average molecular weight is 647 g/mol. The van der Waals surface area contributed by atoms with Crippen molar-refractivity contribution in [3.05, 3.63) is 117 Å². The van der Waals surface area contributed by atoms with Crippen LogP contribution in [0, 0.1) is 12.8 Å². The molecule has 0 aliphatic heterocycles. The Morgan fingerprint density at radius 1 is 0.826 bits per heavy atom. The quantitative estimate of drug-likeness (QED) is 0.165. The van der Waals surface area contributed by atoms with Gasteiger partial charge in [-0.25, -0.2) is 0 Å². The highest BCUT2D eigenvalue weighted by atomic mass is 19.4. The first kappa shape index (κ1) is 34.3. The van der Waals surface area contributed by atoms with Crippen LogP contribution in [-0.4, -0.2) is 34.7 Å². The Labute approximate surface area is 261 Å². The summed E-state index contributed by atoms with van der Waals surface area (Å²) in [6.07, 6.45) is -8.74. The summed E-state index contributed by atoms with van der Waals surface area (Å²) in [5.74, 6) is -1.84. The highest BCUT2D eigenvalue weighted by Crippen LogP contribution is 2.36. The van der Waals surface area contributed by atoms with Crippen LogP contribution in [-0.2, 0) is 30.2 Å². The molecule has 0 N–H and O–H groups in total. The number of nitrogens with zero attached hydrogens (tertiary/aromatic N) is 2. The summed E-state index contributed by atoms with van der Waals surface area (Å²) in [5, 5.41) is 0.309. The molecule has 2 amide bonds. The molecule has 0 spiro atoms. The van der Waals surface area contributed by atoms with Gasteiger partial charge in [-0.3, -0.25) is 14.4 Å². The predicted octanol–water partition coefficient (Wildman–Crippen LogP) is 7.86. The number of alkyl halides is 6. The number of hydrogen-bond donors (Lipinski definition) is 0. The van der Waals surface area contributed by atoms with Crippen molar-refractivity contribution in [1.29, 1.82) is 0 Å². The van der Waals surface area contributed by atoms with Crippen LogP contribution in [0.1, 0.15) is 58.4 Å². The smallest absolute Gasteiger partial charge is 0.416 e. The van der Waals surface area contributed by atoms with E-state index in [4.69, 9.17) is 4.42 Å². The number of amides is 2. The number of aryl methyl sites for hydroxylation is 1. The van der Waals surface area contributed by atoms with Crippen molar-refractivity contribution >= 4 is 22.8 Å². The van der Waals surface area contributed by atoms with Crippen LogP contribution in [0.25, 0.3) is 11.0 Å². The van der Waals surface area contributed by atoms with Gasteiger partial charge < -0.3 is 14.2 Å². The molecule has 0 saturated carbocycles. The molecular formula is C34H32F6N2O4. The molecule has 12 heteroatoms. The molecule has 244 valence electrons. The molecule has 3 aromatic carbocycles. The van der Waals surface area contributed by atoms with Crippen molar-refractivity contribution in [2.24, 2.45) is 5.92 Å². The number of halogens is 6. The number of fused-ring (bicyclic) bond motifs is 1. The fraction of sp³-hybridized carbons (Fsp3) is 0.324. The van der Waals surface area contributed by atoms with E-state index in [1.807, 2.05) is 20.8 Å². The zero-order chi connectivity index (χ0) is 33.8. The van der Waals surface area contributed by atoms with Gasteiger partial charge in [-0.2, -0.15) is 26.3 Å². The Balaban J connectivity index is 1.71. The van der Waals surface area contributed by atoms with Crippen LogP contribution in [0.5, 0.6) is 0 Å². The molecule has 6 nitrogen and oxygen atoms in total. The third-order valence-corrected chi connectivity index (χ3v) is 7.35. The van der Waals surface area contributed by atoms with Gasteiger partial charge in [-0.05, 0) is 55.2 Å². The summed E-state index contributed by atoms with van der Waals surface area (Å²) in [5.41, 5.74) is -2.48. The molecule has 46 heavy (non-hydrogen) atoms. The van der Waals surface area contributed by atoms with Crippen LogP contribution < -0.4 is 5.43 Å². The van der Waals surface area contributed by atoms with Crippen LogP contribution in [0.4, 0.5) is 26.3 Å². The maximum absolute atomic E-state index is 13.9. The Kier molecular flexibility index (Phi) is 10.3. The Hall–Kier alpha value is -4.61. The largest absolute Gasteiger partial charge is 0.464 e. The lowest BCUT2D eigenvalue weighted by atomic mass is 10.0. The standard InChI is InChI=1S/C34H32F6N2O4/c1-21(2)11-12-41(32(45)24-14-26(33(35,36)37)16-27(15-24)34(38,39)40)19-30(43)42(17-23-7-5-4-6-8-23)18-25-20-46-29-10-9-22(3)13-28(29)31(25)44/h4-10,13-16,20-21H,11-12,17-19H2,1-3H3. The maximum Gasteiger partial charge on any atom is 0.416 e. The lowest BCUT2D eigenvalue weighted by Crippen LogP contribution is -2.43. The van der Waals surface area contributed by atoms with E-state index < -0.39 is 47.4 Å². The van der Waals surface area contributed by atoms with Gasteiger partial charge in [-0.15, -0.1) is 0 Å². The number of rotatable bonds is 10. The molecule has 0 aliphatic rings. The lowest BCUT2D eigenvalue weighted by molar-refractivity contribution is -0.143. The minimum absolute atomic E-state index is 0.00103. The third-order valence-electron chi connectivity index (χ3n) is 7.35. The minimum atomic E-state index is -5.15. The van der Waals surface area contributed by atoms with E-state index in [-0.39, 0.29) is 42.6 Å². The molecular weight excluding hydrogens is 614 g/mol. The molecule has 4 aromatic rings. The number of benzene rings is 3. The monoisotopic (exact) mass is 646 g/mol. The van der Waals surface area contributed by atoms with Crippen molar-refractivity contribution in [3.8, 4) is 0 Å². The zero-order valence-corrected chi connectivity index (χ0v) is 25.3. The second kappa shape index (κ2) is 13.8. The van der Waals surface area contributed by atoms with E-state index in [0.29, 0.717) is 35.1 Å². The molecule has 0 bridgehead atoms. The normalized spacial score (nSPS) is 12.0. The van der Waals surface area contributed by atoms with E-state index in [0.717, 1.165) is 10.5 Å². The Morgan fingerprint density at radius 2 is 1.46 bits per heavy atom. The Morgan fingerprint density at radius 3 is 2.04 bits per heavy atom. The van der Waals surface area contributed by atoms with Crippen LogP contribution in [0.2, 0.25) is 0 Å². The van der Waals surface area contributed by atoms with Gasteiger partial charge in [0.2, 0.25) is 5.91 Å². The molecule has 0 fully saturated rings. The van der Waals surface area contributed by atoms with Gasteiger partial charge in [0.1, 0.15) is 12.1 Å².